The summed E-state index contributed by atoms with van der Waals surface area (Å²) >= 11 is 1.57. The van der Waals surface area contributed by atoms with E-state index in [0.717, 1.165) is 29.1 Å². The van der Waals surface area contributed by atoms with Crippen molar-refractivity contribution in [3.8, 4) is 0 Å². The molecule has 0 radical (unpaired) electrons. The first-order valence-corrected chi connectivity index (χ1v) is 7.68. The molecule has 1 aromatic heterocycles. The summed E-state index contributed by atoms with van der Waals surface area (Å²) in [5.74, 6) is 0.104. The highest BCUT2D eigenvalue weighted by Crippen LogP contribution is 2.25. The molecule has 0 saturated heterocycles. The molecule has 3 nitrogen and oxygen atoms in total. The molecule has 0 fully saturated rings. The maximum absolute atomic E-state index is 12.1. The highest BCUT2D eigenvalue weighted by molar-refractivity contribution is 7.09. The van der Waals surface area contributed by atoms with Crippen molar-refractivity contribution in [1.29, 1.82) is 0 Å². The Balaban J connectivity index is 2.04. The highest BCUT2D eigenvalue weighted by atomic mass is 32.1. The maximum atomic E-state index is 12.1. The van der Waals surface area contributed by atoms with Gasteiger partial charge in [-0.25, -0.2) is 4.98 Å². The standard InChI is InChI=1S/C16H19NO2S/c1-3-7-15(19-2)16-17-13(11-20-16)10-14(18)12-8-5-4-6-9-12/h4-6,8-9,11,15H,3,7,10H2,1-2H3. The first kappa shape index (κ1) is 14.9. The van der Waals surface area contributed by atoms with Gasteiger partial charge < -0.3 is 4.74 Å². The van der Waals surface area contributed by atoms with Gasteiger partial charge in [-0.05, 0) is 6.42 Å². The maximum Gasteiger partial charge on any atom is 0.168 e. The third-order valence-corrected chi connectivity index (χ3v) is 4.10. The van der Waals surface area contributed by atoms with E-state index in [1.165, 1.54) is 0 Å². The van der Waals surface area contributed by atoms with Gasteiger partial charge in [0.15, 0.2) is 5.78 Å². The van der Waals surface area contributed by atoms with E-state index in [4.69, 9.17) is 4.74 Å². The molecule has 0 aliphatic rings. The van der Waals surface area contributed by atoms with E-state index < -0.39 is 0 Å². The first-order chi connectivity index (χ1) is 9.74. The zero-order chi connectivity index (χ0) is 14.4. The molecule has 0 amide bonds. The van der Waals surface area contributed by atoms with Crippen LogP contribution in [0.15, 0.2) is 35.7 Å². The summed E-state index contributed by atoms with van der Waals surface area (Å²) < 4.78 is 5.44. The number of hydrogen-bond donors (Lipinski definition) is 0. The van der Waals surface area contributed by atoms with Crippen LogP contribution in [0.5, 0.6) is 0 Å². The van der Waals surface area contributed by atoms with E-state index in [2.05, 4.69) is 11.9 Å². The number of rotatable bonds is 7. The Labute approximate surface area is 123 Å². The van der Waals surface area contributed by atoms with Crippen LogP contribution in [0.3, 0.4) is 0 Å². The molecule has 1 atom stereocenters. The van der Waals surface area contributed by atoms with Gasteiger partial charge in [-0.15, -0.1) is 11.3 Å². The van der Waals surface area contributed by atoms with Crippen molar-refractivity contribution in [3.05, 3.63) is 52.0 Å². The van der Waals surface area contributed by atoms with Crippen molar-refractivity contribution >= 4 is 17.1 Å². The van der Waals surface area contributed by atoms with Gasteiger partial charge >= 0.3 is 0 Å². The molecule has 2 aromatic rings. The van der Waals surface area contributed by atoms with Crippen LogP contribution in [0.2, 0.25) is 0 Å². The number of nitrogens with zero attached hydrogens (tertiary/aromatic N) is 1. The van der Waals surface area contributed by atoms with Crippen LogP contribution in [-0.2, 0) is 11.2 Å². The number of ketones is 1. The molecule has 1 aromatic carbocycles. The molecule has 20 heavy (non-hydrogen) atoms. The summed E-state index contributed by atoms with van der Waals surface area (Å²) in [4.78, 5) is 16.7. The lowest BCUT2D eigenvalue weighted by molar-refractivity contribution is 0.0942. The topological polar surface area (TPSA) is 39.2 Å². The van der Waals surface area contributed by atoms with Crippen LogP contribution >= 0.6 is 11.3 Å². The molecule has 0 saturated carbocycles. The van der Waals surface area contributed by atoms with Crippen molar-refractivity contribution in [2.75, 3.05) is 7.11 Å². The Bertz CT molecular complexity index is 551. The molecule has 106 valence electrons. The van der Waals surface area contributed by atoms with Crippen LogP contribution in [0, 0.1) is 0 Å². The third kappa shape index (κ3) is 3.74. The lowest BCUT2D eigenvalue weighted by Gasteiger charge is -2.10. The average molecular weight is 289 g/mol. The summed E-state index contributed by atoms with van der Waals surface area (Å²) in [6, 6.07) is 9.34. The Hall–Kier alpha value is -1.52. The van der Waals surface area contributed by atoms with Crippen molar-refractivity contribution in [3.63, 3.8) is 0 Å². The smallest absolute Gasteiger partial charge is 0.168 e. The lowest BCUT2D eigenvalue weighted by Crippen LogP contribution is -2.05. The second-order valence-corrected chi connectivity index (χ2v) is 5.55. The molecule has 0 bridgehead atoms. The van der Waals surface area contributed by atoms with Crippen molar-refractivity contribution in [1.82, 2.24) is 4.98 Å². The molecular formula is C16H19NO2S. The second-order valence-electron chi connectivity index (χ2n) is 4.66. The second kappa shape index (κ2) is 7.31. The number of ether oxygens (including phenoxy) is 1. The van der Waals surface area contributed by atoms with E-state index in [-0.39, 0.29) is 11.9 Å². The number of benzene rings is 1. The van der Waals surface area contributed by atoms with Crippen LogP contribution in [-0.4, -0.2) is 17.9 Å². The number of carbonyl (C=O) groups excluding carboxylic acids is 1. The van der Waals surface area contributed by atoms with Crippen molar-refractivity contribution in [2.45, 2.75) is 32.3 Å². The molecule has 2 rings (SSSR count). The predicted molar refractivity (Wildman–Crippen MR) is 81.2 cm³/mol. The van der Waals surface area contributed by atoms with Gasteiger partial charge in [0.1, 0.15) is 11.1 Å². The number of Topliss-reactive ketones (excluding diaryl/α,β-unsaturated/α-hetero) is 1. The van der Waals surface area contributed by atoms with Gasteiger partial charge in [0.2, 0.25) is 0 Å². The van der Waals surface area contributed by atoms with Gasteiger partial charge in [-0.1, -0.05) is 43.7 Å². The highest BCUT2D eigenvalue weighted by Gasteiger charge is 2.15. The molecule has 1 unspecified atom stereocenters. The molecule has 0 aliphatic heterocycles. The summed E-state index contributed by atoms with van der Waals surface area (Å²) in [6.45, 7) is 2.12. The van der Waals surface area contributed by atoms with Gasteiger partial charge in [0, 0.05) is 18.1 Å². The zero-order valence-electron chi connectivity index (χ0n) is 11.8. The number of thiazole rings is 1. The van der Waals surface area contributed by atoms with Gasteiger partial charge in [-0.3, -0.25) is 4.79 Å². The largest absolute Gasteiger partial charge is 0.374 e. The van der Waals surface area contributed by atoms with Gasteiger partial charge in [0.25, 0.3) is 0 Å². The van der Waals surface area contributed by atoms with Crippen LogP contribution < -0.4 is 0 Å². The Kier molecular flexibility index (Phi) is 5.44. The SMILES string of the molecule is CCCC(OC)c1nc(CC(=O)c2ccccc2)cs1. The third-order valence-electron chi connectivity index (χ3n) is 3.12. The fourth-order valence-electron chi connectivity index (χ4n) is 2.05. The monoisotopic (exact) mass is 289 g/mol. The fourth-order valence-corrected chi connectivity index (χ4v) is 2.98. The zero-order valence-corrected chi connectivity index (χ0v) is 12.7. The number of carbonyl (C=O) groups is 1. The Morgan fingerprint density at radius 3 is 2.75 bits per heavy atom. The molecule has 1 heterocycles. The minimum atomic E-state index is 0.0468. The molecular weight excluding hydrogens is 270 g/mol. The molecule has 0 N–H and O–H groups in total. The van der Waals surface area contributed by atoms with Crippen molar-refractivity contribution in [2.24, 2.45) is 0 Å². The van der Waals surface area contributed by atoms with Crippen LogP contribution in [0.1, 0.15) is 46.9 Å². The summed E-state index contributed by atoms with van der Waals surface area (Å²) in [6.07, 6.45) is 2.40. The summed E-state index contributed by atoms with van der Waals surface area (Å²) in [7, 11) is 1.70. The average Bonchev–Trinajstić information content (AvgIpc) is 2.94. The Morgan fingerprint density at radius 2 is 2.10 bits per heavy atom. The minimum absolute atomic E-state index is 0.0468. The molecule has 0 spiro atoms. The summed E-state index contributed by atoms with van der Waals surface area (Å²) in [5.41, 5.74) is 1.57. The van der Waals surface area contributed by atoms with E-state index in [0.29, 0.717) is 6.42 Å². The van der Waals surface area contributed by atoms with Crippen LogP contribution in [0.25, 0.3) is 0 Å². The molecule has 0 aliphatic carbocycles. The minimum Gasteiger partial charge on any atom is -0.374 e. The number of aromatic nitrogens is 1. The summed E-state index contributed by atoms with van der Waals surface area (Å²) in [5, 5.41) is 2.92. The van der Waals surface area contributed by atoms with E-state index in [9.17, 15) is 4.79 Å². The lowest BCUT2D eigenvalue weighted by atomic mass is 10.1. The van der Waals surface area contributed by atoms with E-state index >= 15 is 0 Å². The Morgan fingerprint density at radius 1 is 1.35 bits per heavy atom. The van der Waals surface area contributed by atoms with E-state index in [1.54, 1.807) is 18.4 Å². The quantitative estimate of drug-likeness (QED) is 0.722. The predicted octanol–water partition coefficient (Wildman–Crippen LogP) is 4.06. The normalized spacial score (nSPS) is 12.3. The molecule has 4 heteroatoms. The van der Waals surface area contributed by atoms with Gasteiger partial charge in [-0.2, -0.15) is 0 Å². The van der Waals surface area contributed by atoms with Gasteiger partial charge in [0.05, 0.1) is 12.1 Å². The van der Waals surface area contributed by atoms with Crippen LogP contribution in [0.4, 0.5) is 0 Å². The fraction of sp³-hybridized carbons (Fsp3) is 0.375. The number of hydrogen-bond acceptors (Lipinski definition) is 4. The first-order valence-electron chi connectivity index (χ1n) is 6.80. The van der Waals surface area contributed by atoms with E-state index in [1.807, 2.05) is 35.7 Å². The number of methoxy groups -OCH3 is 1. The van der Waals surface area contributed by atoms with Crippen molar-refractivity contribution < 1.29 is 9.53 Å².